The molecule has 0 radical (unpaired) electrons. The molecule has 0 atom stereocenters. The summed E-state index contributed by atoms with van der Waals surface area (Å²) in [6, 6.07) is 19.7. The molecule has 8 nitrogen and oxygen atoms in total. The predicted molar refractivity (Wildman–Crippen MR) is 113 cm³/mol. The molecule has 3 aromatic rings. The lowest BCUT2D eigenvalue weighted by Gasteiger charge is -2.09. The van der Waals surface area contributed by atoms with Crippen LogP contribution in [-0.4, -0.2) is 19.6 Å². The highest BCUT2D eigenvalue weighted by Gasteiger charge is 2.16. The summed E-state index contributed by atoms with van der Waals surface area (Å²) >= 11 is 0. The molecular formula is C21H19N3O5S. The minimum absolute atomic E-state index is 0.252. The van der Waals surface area contributed by atoms with Gasteiger partial charge in [-0.05, 0) is 30.7 Å². The maximum absolute atomic E-state index is 12.3. The van der Waals surface area contributed by atoms with Gasteiger partial charge in [-0.3, -0.25) is 10.1 Å². The second-order valence-corrected chi connectivity index (χ2v) is 8.08. The Hall–Kier alpha value is -3.72. The van der Waals surface area contributed by atoms with E-state index < -0.39 is 14.9 Å². The van der Waals surface area contributed by atoms with E-state index in [4.69, 9.17) is 4.74 Å². The maximum Gasteiger partial charge on any atom is 0.276 e. The molecule has 154 valence electrons. The molecule has 3 rings (SSSR count). The molecule has 0 fully saturated rings. The van der Waals surface area contributed by atoms with Gasteiger partial charge >= 0.3 is 0 Å². The number of hydrogen-bond acceptors (Lipinski definition) is 6. The molecule has 9 heteroatoms. The molecule has 3 aromatic carbocycles. The number of benzene rings is 3. The number of nitrogens with one attached hydrogen (secondary N) is 1. The number of nitrogens with zero attached hydrogens (tertiary/aromatic N) is 2. The molecule has 0 bridgehead atoms. The Labute approximate surface area is 174 Å². The molecular weight excluding hydrogens is 406 g/mol. The van der Waals surface area contributed by atoms with Crippen LogP contribution in [0, 0.1) is 17.0 Å². The van der Waals surface area contributed by atoms with Crippen molar-refractivity contribution >= 4 is 21.9 Å². The fraction of sp³-hybridized carbons (Fsp3) is 0.0952. The van der Waals surface area contributed by atoms with Gasteiger partial charge in [0.15, 0.2) is 0 Å². The lowest BCUT2D eigenvalue weighted by Crippen LogP contribution is -2.18. The molecule has 0 aliphatic carbocycles. The average molecular weight is 425 g/mol. The van der Waals surface area contributed by atoms with Crippen LogP contribution in [0.1, 0.15) is 16.7 Å². The van der Waals surface area contributed by atoms with Crippen molar-refractivity contribution < 1.29 is 18.1 Å². The van der Waals surface area contributed by atoms with Gasteiger partial charge in [0.25, 0.3) is 15.7 Å². The van der Waals surface area contributed by atoms with E-state index in [0.29, 0.717) is 17.9 Å². The smallest absolute Gasteiger partial charge is 0.276 e. The van der Waals surface area contributed by atoms with E-state index in [2.05, 4.69) is 9.93 Å². The SMILES string of the molecule is Cc1ccc(COc2ccccc2/C=N/NS(=O)(=O)c2cccc([N+](=O)[O-])c2)cc1. The van der Waals surface area contributed by atoms with Crippen molar-refractivity contribution in [2.24, 2.45) is 5.10 Å². The van der Waals surface area contributed by atoms with Gasteiger partial charge in [-0.2, -0.15) is 13.5 Å². The van der Waals surface area contributed by atoms with E-state index in [0.717, 1.165) is 17.2 Å². The van der Waals surface area contributed by atoms with Crippen LogP contribution >= 0.6 is 0 Å². The number of sulfonamides is 1. The van der Waals surface area contributed by atoms with Crippen LogP contribution in [-0.2, 0) is 16.6 Å². The number of hydrazone groups is 1. The highest BCUT2D eigenvalue weighted by Crippen LogP contribution is 2.19. The summed E-state index contributed by atoms with van der Waals surface area (Å²) in [4.78, 5) is 12.0. The highest BCUT2D eigenvalue weighted by molar-refractivity contribution is 7.89. The number of rotatable bonds is 8. The van der Waals surface area contributed by atoms with Crippen molar-refractivity contribution in [3.63, 3.8) is 0 Å². The summed E-state index contributed by atoms with van der Waals surface area (Å²) in [6.45, 7) is 2.36. The first-order valence-electron chi connectivity index (χ1n) is 8.92. The predicted octanol–water partition coefficient (Wildman–Crippen LogP) is 3.79. The van der Waals surface area contributed by atoms with Gasteiger partial charge in [0.2, 0.25) is 0 Å². The van der Waals surface area contributed by atoms with Crippen LogP contribution < -0.4 is 9.57 Å². The third-order valence-electron chi connectivity index (χ3n) is 4.15. The second kappa shape index (κ2) is 9.19. The maximum atomic E-state index is 12.3. The zero-order chi connectivity index (χ0) is 21.6. The number of para-hydroxylation sites is 1. The van der Waals surface area contributed by atoms with Crippen molar-refractivity contribution in [2.75, 3.05) is 0 Å². The highest BCUT2D eigenvalue weighted by atomic mass is 32.2. The summed E-state index contributed by atoms with van der Waals surface area (Å²) in [5, 5.41) is 14.6. The van der Waals surface area contributed by atoms with Crippen LogP contribution in [0.3, 0.4) is 0 Å². The summed E-state index contributed by atoms with van der Waals surface area (Å²) in [5.74, 6) is 0.538. The third kappa shape index (κ3) is 5.42. The van der Waals surface area contributed by atoms with Crippen molar-refractivity contribution in [1.82, 2.24) is 4.83 Å². The van der Waals surface area contributed by atoms with Crippen LogP contribution in [0.4, 0.5) is 5.69 Å². The van der Waals surface area contributed by atoms with Crippen molar-refractivity contribution in [3.8, 4) is 5.75 Å². The summed E-state index contributed by atoms with van der Waals surface area (Å²) in [6.07, 6.45) is 1.32. The Bertz CT molecular complexity index is 1180. The Morgan fingerprint density at radius 2 is 1.80 bits per heavy atom. The Morgan fingerprint density at radius 1 is 1.07 bits per heavy atom. The largest absolute Gasteiger partial charge is 0.488 e. The van der Waals surface area contributed by atoms with Crippen molar-refractivity contribution in [3.05, 3.63) is 99.6 Å². The Kier molecular flexibility index (Phi) is 6.43. The van der Waals surface area contributed by atoms with Crippen LogP contribution in [0.25, 0.3) is 0 Å². The number of nitro groups is 1. The second-order valence-electron chi connectivity index (χ2n) is 6.42. The molecule has 0 aliphatic rings. The van der Waals surface area contributed by atoms with Gasteiger partial charge in [0.05, 0.1) is 16.0 Å². The number of non-ortho nitro benzene ring substituents is 1. The molecule has 30 heavy (non-hydrogen) atoms. The molecule has 0 saturated heterocycles. The molecule has 0 aromatic heterocycles. The summed E-state index contributed by atoms with van der Waals surface area (Å²) in [7, 11) is -4.05. The van der Waals surface area contributed by atoms with E-state index in [1.165, 1.54) is 24.4 Å². The van der Waals surface area contributed by atoms with Crippen molar-refractivity contribution in [2.45, 2.75) is 18.4 Å². The summed E-state index contributed by atoms with van der Waals surface area (Å²) < 4.78 is 30.5. The molecule has 0 unspecified atom stereocenters. The fourth-order valence-corrected chi connectivity index (χ4v) is 3.38. The van der Waals surface area contributed by atoms with Gasteiger partial charge < -0.3 is 4.74 Å². The Morgan fingerprint density at radius 3 is 2.53 bits per heavy atom. The van der Waals surface area contributed by atoms with Crippen LogP contribution in [0.15, 0.2) is 82.8 Å². The quantitative estimate of drug-likeness (QED) is 0.335. The topological polar surface area (TPSA) is 111 Å². The van der Waals surface area contributed by atoms with Gasteiger partial charge in [0.1, 0.15) is 12.4 Å². The molecule has 0 amide bonds. The minimum Gasteiger partial charge on any atom is -0.488 e. The number of hydrogen-bond donors (Lipinski definition) is 1. The van der Waals surface area contributed by atoms with E-state index in [9.17, 15) is 18.5 Å². The molecule has 1 N–H and O–H groups in total. The van der Waals surface area contributed by atoms with E-state index in [-0.39, 0.29) is 10.6 Å². The van der Waals surface area contributed by atoms with E-state index >= 15 is 0 Å². The van der Waals surface area contributed by atoms with Gasteiger partial charge in [-0.15, -0.1) is 0 Å². The monoisotopic (exact) mass is 425 g/mol. The van der Waals surface area contributed by atoms with Crippen molar-refractivity contribution in [1.29, 1.82) is 0 Å². The van der Waals surface area contributed by atoms with Gasteiger partial charge in [-0.1, -0.05) is 48.0 Å². The number of aryl methyl sites for hydroxylation is 1. The molecule has 0 aliphatic heterocycles. The summed E-state index contributed by atoms with van der Waals surface area (Å²) in [5.41, 5.74) is 2.41. The van der Waals surface area contributed by atoms with Gasteiger partial charge in [-0.25, -0.2) is 4.83 Å². The zero-order valence-electron chi connectivity index (χ0n) is 16.1. The van der Waals surface area contributed by atoms with E-state index in [1.54, 1.807) is 24.3 Å². The fourth-order valence-electron chi connectivity index (χ4n) is 2.55. The first-order valence-corrected chi connectivity index (χ1v) is 10.4. The third-order valence-corrected chi connectivity index (χ3v) is 5.37. The first kappa shape index (κ1) is 21.0. The van der Waals surface area contributed by atoms with Crippen LogP contribution in [0.5, 0.6) is 5.75 Å². The Balaban J connectivity index is 1.71. The van der Waals surface area contributed by atoms with Crippen LogP contribution in [0.2, 0.25) is 0 Å². The minimum atomic E-state index is -4.05. The number of nitro benzene ring substituents is 1. The lowest BCUT2D eigenvalue weighted by molar-refractivity contribution is -0.385. The van der Waals surface area contributed by atoms with E-state index in [1.807, 2.05) is 31.2 Å². The molecule has 0 heterocycles. The lowest BCUT2D eigenvalue weighted by atomic mass is 10.1. The number of ether oxygens (including phenoxy) is 1. The first-order chi connectivity index (χ1) is 14.3. The van der Waals surface area contributed by atoms with Gasteiger partial charge in [0, 0.05) is 17.7 Å². The normalized spacial score (nSPS) is 11.4. The average Bonchev–Trinajstić information content (AvgIpc) is 2.74. The standard InChI is InChI=1S/C21H19N3O5S/c1-16-9-11-17(12-10-16)15-29-21-8-3-2-5-18(21)14-22-23-30(27,28)20-7-4-6-19(13-20)24(25)26/h2-14,23H,15H2,1H3/b22-14+. The zero-order valence-corrected chi connectivity index (χ0v) is 16.9. The molecule has 0 saturated carbocycles. The molecule has 0 spiro atoms.